The number of ether oxygens (including phenoxy) is 2. The van der Waals surface area contributed by atoms with Crippen molar-refractivity contribution in [3.05, 3.63) is 54.1 Å². The largest absolute Gasteiger partial charge is 0.508 e. The molecule has 8 heteroatoms. The van der Waals surface area contributed by atoms with E-state index in [-0.39, 0.29) is 23.9 Å². The number of aromatic hydroxyl groups is 1. The van der Waals surface area contributed by atoms with Gasteiger partial charge in [0, 0.05) is 0 Å². The van der Waals surface area contributed by atoms with E-state index in [4.69, 9.17) is 19.7 Å². The minimum absolute atomic E-state index is 0.0105. The van der Waals surface area contributed by atoms with Crippen LogP contribution in [0.25, 0.3) is 0 Å². The lowest BCUT2D eigenvalue weighted by atomic mass is 10.2. The number of primary sulfonamides is 1. The Morgan fingerprint density at radius 1 is 1.00 bits per heavy atom. The molecule has 0 unspecified atom stereocenters. The molecule has 0 spiro atoms. The summed E-state index contributed by atoms with van der Waals surface area (Å²) in [5, 5.41) is 14.1. The minimum atomic E-state index is -3.73. The maximum atomic E-state index is 11.7. The van der Waals surface area contributed by atoms with Crippen molar-refractivity contribution in [1.29, 1.82) is 0 Å². The summed E-state index contributed by atoms with van der Waals surface area (Å²) in [4.78, 5) is 11.7. The summed E-state index contributed by atoms with van der Waals surface area (Å²) in [5.41, 5.74) is 0.320. The molecule has 2 rings (SSSR count). The van der Waals surface area contributed by atoms with Crippen LogP contribution < -0.4 is 9.88 Å². The molecule has 0 aliphatic rings. The van der Waals surface area contributed by atoms with Crippen LogP contribution in [-0.4, -0.2) is 32.7 Å². The van der Waals surface area contributed by atoms with Crippen LogP contribution in [0.5, 0.6) is 11.5 Å². The van der Waals surface area contributed by atoms with Crippen LogP contribution in [0, 0.1) is 0 Å². The number of sulfonamides is 1. The van der Waals surface area contributed by atoms with Crippen molar-refractivity contribution in [3.63, 3.8) is 0 Å². The van der Waals surface area contributed by atoms with Gasteiger partial charge in [-0.1, -0.05) is 0 Å². The molecule has 0 bridgehead atoms. The van der Waals surface area contributed by atoms with Crippen LogP contribution in [0.15, 0.2) is 53.4 Å². The Bertz CT molecular complexity index is 769. The maximum Gasteiger partial charge on any atom is 0.338 e. The predicted molar refractivity (Wildman–Crippen MR) is 81.7 cm³/mol. The van der Waals surface area contributed by atoms with Gasteiger partial charge in [-0.3, -0.25) is 0 Å². The van der Waals surface area contributed by atoms with Crippen molar-refractivity contribution < 1.29 is 27.8 Å². The predicted octanol–water partition coefficient (Wildman–Crippen LogP) is 1.28. The molecule has 0 saturated heterocycles. The van der Waals surface area contributed by atoms with Crippen molar-refractivity contribution in [2.45, 2.75) is 4.90 Å². The van der Waals surface area contributed by atoms with E-state index < -0.39 is 16.0 Å². The minimum Gasteiger partial charge on any atom is -0.508 e. The van der Waals surface area contributed by atoms with E-state index in [2.05, 4.69) is 0 Å². The standard InChI is InChI=1S/C15H15NO6S/c16-23(19,20)14-7-5-13(6-8-14)21-9-10-22-15(18)11-1-3-12(17)4-2-11/h1-8,17H,9-10H2,(H2,16,19,20). The normalized spacial score (nSPS) is 11.0. The fourth-order valence-electron chi connectivity index (χ4n) is 1.70. The fourth-order valence-corrected chi connectivity index (χ4v) is 2.22. The molecule has 3 N–H and O–H groups in total. The molecule has 7 nitrogen and oxygen atoms in total. The number of phenolic OH excluding ortho intramolecular Hbond substituents is 1. The smallest absolute Gasteiger partial charge is 0.338 e. The van der Waals surface area contributed by atoms with Crippen molar-refractivity contribution in [3.8, 4) is 11.5 Å². The quantitative estimate of drug-likeness (QED) is 0.606. The van der Waals surface area contributed by atoms with Gasteiger partial charge in [0.05, 0.1) is 10.5 Å². The van der Waals surface area contributed by atoms with Crippen molar-refractivity contribution >= 4 is 16.0 Å². The van der Waals surface area contributed by atoms with Gasteiger partial charge in [0.15, 0.2) is 0 Å². The summed E-state index contributed by atoms with van der Waals surface area (Å²) in [5.74, 6) is -0.0379. The fraction of sp³-hybridized carbons (Fsp3) is 0.133. The first-order valence-corrected chi connectivity index (χ1v) is 8.13. The number of hydrogen-bond donors (Lipinski definition) is 2. The second kappa shape index (κ2) is 7.12. The highest BCUT2D eigenvalue weighted by molar-refractivity contribution is 7.89. The average Bonchev–Trinajstić information content (AvgIpc) is 2.51. The number of hydrogen-bond acceptors (Lipinski definition) is 6. The molecule has 0 aliphatic carbocycles. The average molecular weight is 337 g/mol. The van der Waals surface area contributed by atoms with E-state index in [9.17, 15) is 13.2 Å². The second-order valence-electron chi connectivity index (χ2n) is 4.55. The van der Waals surface area contributed by atoms with E-state index in [1.807, 2.05) is 0 Å². The SMILES string of the molecule is NS(=O)(=O)c1ccc(OCCOC(=O)c2ccc(O)cc2)cc1. The second-order valence-corrected chi connectivity index (χ2v) is 6.11. The molecule has 0 saturated carbocycles. The third-order valence-corrected chi connectivity index (χ3v) is 3.77. The number of carbonyl (C=O) groups excluding carboxylic acids is 1. The first-order valence-electron chi connectivity index (χ1n) is 6.58. The number of esters is 1. The highest BCUT2D eigenvalue weighted by Crippen LogP contribution is 2.15. The molecular weight excluding hydrogens is 322 g/mol. The van der Waals surface area contributed by atoms with E-state index in [1.165, 1.54) is 48.5 Å². The Hall–Kier alpha value is -2.58. The molecule has 0 heterocycles. The van der Waals surface area contributed by atoms with Crippen molar-refractivity contribution in [2.75, 3.05) is 13.2 Å². The number of carbonyl (C=O) groups is 1. The summed E-state index contributed by atoms with van der Waals surface area (Å²) < 4.78 is 32.5. The molecule has 122 valence electrons. The first kappa shape index (κ1) is 16.8. The lowest BCUT2D eigenvalue weighted by molar-refractivity contribution is 0.0450. The molecular formula is C15H15NO6S. The van der Waals surface area contributed by atoms with Gasteiger partial charge in [-0.05, 0) is 48.5 Å². The van der Waals surface area contributed by atoms with Crippen LogP contribution in [0.2, 0.25) is 0 Å². The van der Waals surface area contributed by atoms with Crippen LogP contribution in [0.4, 0.5) is 0 Å². The van der Waals surface area contributed by atoms with E-state index in [0.29, 0.717) is 11.3 Å². The Kier molecular flexibility index (Phi) is 5.20. The van der Waals surface area contributed by atoms with Gasteiger partial charge in [-0.25, -0.2) is 18.4 Å². The van der Waals surface area contributed by atoms with E-state index in [1.54, 1.807) is 0 Å². The molecule has 0 amide bonds. The number of phenols is 1. The van der Waals surface area contributed by atoms with Gasteiger partial charge in [0.1, 0.15) is 24.7 Å². The maximum absolute atomic E-state index is 11.7. The molecule has 0 aromatic heterocycles. The summed E-state index contributed by atoms with van der Waals surface area (Å²) in [6.45, 7) is 0.134. The summed E-state index contributed by atoms with van der Waals surface area (Å²) >= 11 is 0. The van der Waals surface area contributed by atoms with Crippen LogP contribution in [-0.2, 0) is 14.8 Å². The highest BCUT2D eigenvalue weighted by Gasteiger charge is 2.08. The third kappa shape index (κ3) is 4.97. The molecule has 23 heavy (non-hydrogen) atoms. The molecule has 0 fully saturated rings. The Morgan fingerprint density at radius 3 is 2.17 bits per heavy atom. The zero-order chi connectivity index (χ0) is 16.9. The molecule has 2 aromatic carbocycles. The Labute approximate surface area is 133 Å². The number of nitrogens with two attached hydrogens (primary N) is 1. The molecule has 0 radical (unpaired) electrons. The number of rotatable bonds is 6. The summed E-state index contributed by atoms with van der Waals surface area (Å²) in [7, 11) is -3.73. The summed E-state index contributed by atoms with van der Waals surface area (Å²) in [6.07, 6.45) is 0. The highest BCUT2D eigenvalue weighted by atomic mass is 32.2. The third-order valence-electron chi connectivity index (χ3n) is 2.84. The van der Waals surface area contributed by atoms with Gasteiger partial charge in [-0.15, -0.1) is 0 Å². The van der Waals surface area contributed by atoms with Gasteiger partial charge < -0.3 is 14.6 Å². The van der Waals surface area contributed by atoms with Crippen molar-refractivity contribution in [1.82, 2.24) is 0 Å². The van der Waals surface area contributed by atoms with E-state index in [0.717, 1.165) is 0 Å². The molecule has 0 atom stereocenters. The Morgan fingerprint density at radius 2 is 1.61 bits per heavy atom. The first-order chi connectivity index (χ1) is 10.9. The van der Waals surface area contributed by atoms with Gasteiger partial charge in [0.2, 0.25) is 10.0 Å². The lowest BCUT2D eigenvalue weighted by Gasteiger charge is -2.08. The Balaban J connectivity index is 1.79. The molecule has 2 aromatic rings. The summed E-state index contributed by atoms with van der Waals surface area (Å²) in [6, 6.07) is 11.2. The van der Waals surface area contributed by atoms with Crippen LogP contribution in [0.3, 0.4) is 0 Å². The monoisotopic (exact) mass is 337 g/mol. The topological polar surface area (TPSA) is 116 Å². The van der Waals surface area contributed by atoms with Gasteiger partial charge >= 0.3 is 5.97 Å². The van der Waals surface area contributed by atoms with Gasteiger partial charge in [0.25, 0.3) is 0 Å². The molecule has 0 aliphatic heterocycles. The van der Waals surface area contributed by atoms with Gasteiger partial charge in [-0.2, -0.15) is 0 Å². The number of benzene rings is 2. The zero-order valence-corrected chi connectivity index (χ0v) is 12.8. The van der Waals surface area contributed by atoms with Crippen LogP contribution in [0.1, 0.15) is 10.4 Å². The lowest BCUT2D eigenvalue weighted by Crippen LogP contribution is -2.13. The zero-order valence-electron chi connectivity index (χ0n) is 12.0. The van der Waals surface area contributed by atoms with Crippen LogP contribution >= 0.6 is 0 Å². The van der Waals surface area contributed by atoms with E-state index >= 15 is 0 Å². The van der Waals surface area contributed by atoms with Crippen molar-refractivity contribution in [2.24, 2.45) is 5.14 Å².